The van der Waals surface area contributed by atoms with E-state index in [2.05, 4.69) is 181 Å². The van der Waals surface area contributed by atoms with Crippen molar-refractivity contribution in [1.29, 1.82) is 0 Å². The Morgan fingerprint density at radius 3 is 1.61 bits per heavy atom. The van der Waals surface area contributed by atoms with Crippen molar-refractivity contribution in [1.82, 2.24) is 9.97 Å². The first-order valence-corrected chi connectivity index (χ1v) is 16.7. The molecule has 0 spiro atoms. The average molecular weight is 625 g/mol. The van der Waals surface area contributed by atoms with E-state index in [0.29, 0.717) is 0 Å². The topological polar surface area (TPSA) is 25.8 Å². The van der Waals surface area contributed by atoms with Crippen LogP contribution in [0.4, 0.5) is 0 Å². The zero-order valence-electron chi connectivity index (χ0n) is 26.9. The van der Waals surface area contributed by atoms with Gasteiger partial charge in [0.15, 0.2) is 0 Å². The fourth-order valence-corrected chi connectivity index (χ4v) is 7.69. The maximum Gasteiger partial charge on any atom is 0.0722 e. The van der Waals surface area contributed by atoms with E-state index < -0.39 is 5.41 Å². The largest absolute Gasteiger partial charge is 0.264 e. The molecule has 230 valence electrons. The first kappa shape index (κ1) is 28.8. The van der Waals surface area contributed by atoms with E-state index >= 15 is 0 Å². The molecule has 2 heteroatoms. The van der Waals surface area contributed by atoms with Crippen molar-refractivity contribution in [3.05, 3.63) is 217 Å². The molecule has 9 rings (SSSR count). The minimum absolute atomic E-state index is 0.466. The van der Waals surface area contributed by atoms with Crippen molar-refractivity contribution < 1.29 is 0 Å². The summed E-state index contributed by atoms with van der Waals surface area (Å²) < 4.78 is 0. The molecular weight excluding hydrogens is 593 g/mol. The third kappa shape index (κ3) is 4.80. The van der Waals surface area contributed by atoms with E-state index in [-0.39, 0.29) is 0 Å². The first-order valence-electron chi connectivity index (χ1n) is 16.7. The molecule has 0 N–H and O–H groups in total. The van der Waals surface area contributed by atoms with Crippen molar-refractivity contribution >= 4 is 0 Å². The molecule has 1 aliphatic carbocycles. The number of fused-ring (bicyclic) bond motifs is 3. The summed E-state index contributed by atoms with van der Waals surface area (Å²) in [6, 6.07) is 65.4. The van der Waals surface area contributed by atoms with Gasteiger partial charge in [-0.3, -0.25) is 4.98 Å². The van der Waals surface area contributed by atoms with Crippen LogP contribution >= 0.6 is 0 Å². The Morgan fingerprint density at radius 1 is 0.367 bits per heavy atom. The van der Waals surface area contributed by atoms with E-state index in [1.807, 2.05) is 12.3 Å². The smallest absolute Gasteiger partial charge is 0.0722 e. The Hall–Kier alpha value is -6.38. The van der Waals surface area contributed by atoms with Gasteiger partial charge in [0.2, 0.25) is 0 Å². The van der Waals surface area contributed by atoms with E-state index in [1.54, 1.807) is 6.20 Å². The molecule has 1 aliphatic rings. The minimum Gasteiger partial charge on any atom is -0.264 e. The molecule has 8 aromatic rings. The van der Waals surface area contributed by atoms with Crippen LogP contribution in [0.5, 0.6) is 0 Å². The van der Waals surface area contributed by atoms with Crippen LogP contribution in [-0.2, 0) is 5.41 Å². The Morgan fingerprint density at radius 2 is 0.918 bits per heavy atom. The molecule has 0 fully saturated rings. The molecule has 0 bridgehead atoms. The SMILES string of the molecule is c1ccc(-c2cc(-c3ccc(-c4cccnc4)cc3)nc(-c3cccc4c3-c3ccccc3C4(c3ccccc3)c3ccccc3)c2)cc1. The molecule has 0 unspecified atom stereocenters. The van der Waals surface area contributed by atoms with E-state index in [0.717, 1.165) is 44.8 Å². The molecule has 0 atom stereocenters. The van der Waals surface area contributed by atoms with Gasteiger partial charge in [0, 0.05) is 23.5 Å². The predicted octanol–water partition coefficient (Wildman–Crippen LogP) is 11.5. The van der Waals surface area contributed by atoms with Gasteiger partial charge in [0.05, 0.1) is 16.8 Å². The summed E-state index contributed by atoms with van der Waals surface area (Å²) in [7, 11) is 0. The normalized spacial score (nSPS) is 12.7. The molecule has 2 nitrogen and oxygen atoms in total. The standard InChI is InChI=1S/C47H32N2/c1-4-14-33(15-5-1)37-30-44(35-27-25-34(26-28-35)36-16-13-29-48-32-36)49-45(31-37)41-22-12-24-43-46(41)40-21-10-11-23-42(40)47(43,38-17-6-2-7-18-38)39-19-8-3-9-20-39/h1-32H. The molecule has 49 heavy (non-hydrogen) atoms. The van der Waals surface area contributed by atoms with Crippen LogP contribution < -0.4 is 0 Å². The summed E-state index contributed by atoms with van der Waals surface area (Å²) in [5, 5.41) is 0. The van der Waals surface area contributed by atoms with Crippen molar-refractivity contribution in [3.63, 3.8) is 0 Å². The van der Waals surface area contributed by atoms with Gasteiger partial charge >= 0.3 is 0 Å². The number of benzene rings is 6. The molecule has 0 aliphatic heterocycles. The van der Waals surface area contributed by atoms with Crippen LogP contribution in [0.3, 0.4) is 0 Å². The maximum absolute atomic E-state index is 5.43. The van der Waals surface area contributed by atoms with Gasteiger partial charge in [-0.2, -0.15) is 0 Å². The van der Waals surface area contributed by atoms with Gasteiger partial charge in [0.1, 0.15) is 0 Å². The summed E-state index contributed by atoms with van der Waals surface area (Å²) in [5.41, 5.74) is 15.7. The van der Waals surface area contributed by atoms with E-state index in [1.165, 1.54) is 33.4 Å². The molecule has 2 heterocycles. The number of pyridine rings is 2. The highest BCUT2D eigenvalue weighted by Crippen LogP contribution is 2.58. The van der Waals surface area contributed by atoms with Crippen molar-refractivity contribution in [2.24, 2.45) is 0 Å². The fraction of sp³-hybridized carbons (Fsp3) is 0.0213. The van der Waals surface area contributed by atoms with Gasteiger partial charge < -0.3 is 0 Å². The lowest BCUT2D eigenvalue weighted by molar-refractivity contribution is 0.768. The molecule has 0 saturated heterocycles. The number of hydrogen-bond donors (Lipinski definition) is 0. The zero-order valence-corrected chi connectivity index (χ0v) is 26.9. The third-order valence-corrected chi connectivity index (χ3v) is 9.87. The number of rotatable bonds is 6. The maximum atomic E-state index is 5.43. The summed E-state index contributed by atoms with van der Waals surface area (Å²) in [6.45, 7) is 0. The van der Waals surface area contributed by atoms with Crippen LogP contribution in [-0.4, -0.2) is 9.97 Å². The third-order valence-electron chi connectivity index (χ3n) is 9.87. The van der Waals surface area contributed by atoms with E-state index in [4.69, 9.17) is 4.98 Å². The number of aromatic nitrogens is 2. The average Bonchev–Trinajstić information content (AvgIpc) is 3.50. The summed E-state index contributed by atoms with van der Waals surface area (Å²) >= 11 is 0. The Bertz CT molecular complexity index is 2360. The number of hydrogen-bond acceptors (Lipinski definition) is 2. The second-order valence-corrected chi connectivity index (χ2v) is 12.6. The molecule has 2 aromatic heterocycles. The second kappa shape index (κ2) is 12.0. The predicted molar refractivity (Wildman–Crippen MR) is 201 cm³/mol. The number of nitrogens with zero attached hydrogens (tertiary/aromatic N) is 2. The Kier molecular flexibility index (Phi) is 7.06. The lowest BCUT2D eigenvalue weighted by atomic mass is 9.67. The van der Waals surface area contributed by atoms with Gasteiger partial charge in [-0.1, -0.05) is 164 Å². The first-order chi connectivity index (χ1) is 24.3. The van der Waals surface area contributed by atoms with Crippen LogP contribution in [0.1, 0.15) is 22.3 Å². The lowest BCUT2D eigenvalue weighted by Crippen LogP contribution is -2.28. The highest BCUT2D eigenvalue weighted by Gasteiger charge is 2.46. The van der Waals surface area contributed by atoms with Gasteiger partial charge in [0.25, 0.3) is 0 Å². The Balaban J connectivity index is 1.29. The highest BCUT2D eigenvalue weighted by atomic mass is 14.7. The minimum atomic E-state index is -0.466. The van der Waals surface area contributed by atoms with Crippen LogP contribution in [0.25, 0.3) is 55.9 Å². The summed E-state index contributed by atoms with van der Waals surface area (Å²) in [6.07, 6.45) is 3.71. The summed E-state index contributed by atoms with van der Waals surface area (Å²) in [4.78, 5) is 9.75. The zero-order chi connectivity index (χ0) is 32.6. The van der Waals surface area contributed by atoms with E-state index in [9.17, 15) is 0 Å². The second-order valence-electron chi connectivity index (χ2n) is 12.6. The van der Waals surface area contributed by atoms with Crippen LogP contribution in [0, 0.1) is 0 Å². The summed E-state index contributed by atoms with van der Waals surface area (Å²) in [5.74, 6) is 0. The lowest BCUT2D eigenvalue weighted by Gasteiger charge is -2.33. The van der Waals surface area contributed by atoms with Gasteiger partial charge in [-0.25, -0.2) is 4.98 Å². The van der Waals surface area contributed by atoms with Crippen LogP contribution in [0.15, 0.2) is 194 Å². The fourth-order valence-electron chi connectivity index (χ4n) is 7.69. The van der Waals surface area contributed by atoms with Crippen LogP contribution in [0.2, 0.25) is 0 Å². The van der Waals surface area contributed by atoms with Crippen molar-refractivity contribution in [2.75, 3.05) is 0 Å². The highest BCUT2D eigenvalue weighted by molar-refractivity contribution is 5.95. The van der Waals surface area contributed by atoms with Gasteiger partial charge in [-0.15, -0.1) is 0 Å². The molecule has 0 amide bonds. The van der Waals surface area contributed by atoms with Crippen molar-refractivity contribution in [3.8, 4) is 55.9 Å². The Labute approximate surface area is 287 Å². The van der Waals surface area contributed by atoms with Gasteiger partial charge in [-0.05, 0) is 73.8 Å². The monoisotopic (exact) mass is 624 g/mol. The molecule has 0 saturated carbocycles. The molecule has 6 aromatic carbocycles. The quantitative estimate of drug-likeness (QED) is 0.184. The molecule has 0 radical (unpaired) electrons. The molecular formula is C47H32N2. The van der Waals surface area contributed by atoms with Crippen molar-refractivity contribution in [2.45, 2.75) is 5.41 Å².